The van der Waals surface area contributed by atoms with Gasteiger partial charge in [-0.15, -0.1) is 0 Å². The molecule has 0 heterocycles. The predicted molar refractivity (Wildman–Crippen MR) is 101 cm³/mol. The standard InChI is InChI=1S/C17H21Cl2N3O5/c1-3-20-14(23)9-22(4-2)15(24)10-27-16(25)8-21-17(26)12-6-5-11(18)7-13(12)19/h5-7H,3-4,8-10H2,1-2H3,(H,20,23)(H,21,26). The van der Waals surface area contributed by atoms with Crippen molar-refractivity contribution < 1.29 is 23.9 Å². The Balaban J connectivity index is 2.44. The Bertz CT molecular complexity index is 712. The zero-order valence-electron chi connectivity index (χ0n) is 15.0. The smallest absolute Gasteiger partial charge is 0.325 e. The zero-order valence-corrected chi connectivity index (χ0v) is 16.5. The van der Waals surface area contributed by atoms with Crippen LogP contribution < -0.4 is 10.6 Å². The lowest BCUT2D eigenvalue weighted by atomic mass is 10.2. The molecule has 0 bridgehead atoms. The van der Waals surface area contributed by atoms with E-state index < -0.39 is 30.9 Å². The van der Waals surface area contributed by atoms with Gasteiger partial charge in [0.2, 0.25) is 5.91 Å². The lowest BCUT2D eigenvalue weighted by Crippen LogP contribution is -2.42. The van der Waals surface area contributed by atoms with Gasteiger partial charge in [-0.2, -0.15) is 0 Å². The Morgan fingerprint density at radius 2 is 1.81 bits per heavy atom. The van der Waals surface area contributed by atoms with Crippen LogP contribution in [0.1, 0.15) is 24.2 Å². The number of nitrogens with zero attached hydrogens (tertiary/aromatic N) is 1. The molecule has 3 amide bonds. The molecule has 0 fully saturated rings. The fraction of sp³-hybridized carbons (Fsp3) is 0.412. The van der Waals surface area contributed by atoms with Gasteiger partial charge in [0.15, 0.2) is 6.61 Å². The van der Waals surface area contributed by atoms with E-state index >= 15 is 0 Å². The van der Waals surface area contributed by atoms with Crippen molar-refractivity contribution in [2.45, 2.75) is 13.8 Å². The minimum absolute atomic E-state index is 0.119. The third-order valence-electron chi connectivity index (χ3n) is 3.37. The van der Waals surface area contributed by atoms with E-state index in [-0.39, 0.29) is 23.0 Å². The summed E-state index contributed by atoms with van der Waals surface area (Å²) in [6.45, 7) is 3.14. The Hall–Kier alpha value is -2.32. The van der Waals surface area contributed by atoms with E-state index in [1.807, 2.05) is 0 Å². The third kappa shape index (κ3) is 7.84. The largest absolute Gasteiger partial charge is 0.454 e. The summed E-state index contributed by atoms with van der Waals surface area (Å²) in [6.07, 6.45) is 0. The molecule has 1 aromatic carbocycles. The highest BCUT2D eigenvalue weighted by molar-refractivity contribution is 6.36. The molecule has 1 rings (SSSR count). The lowest BCUT2D eigenvalue weighted by Gasteiger charge is -2.20. The van der Waals surface area contributed by atoms with E-state index in [0.29, 0.717) is 18.1 Å². The maximum atomic E-state index is 12.0. The summed E-state index contributed by atoms with van der Waals surface area (Å²) in [6, 6.07) is 4.33. The highest BCUT2D eigenvalue weighted by Crippen LogP contribution is 2.20. The van der Waals surface area contributed by atoms with Gasteiger partial charge >= 0.3 is 5.97 Å². The van der Waals surface area contributed by atoms with Crippen molar-refractivity contribution in [2.75, 3.05) is 32.8 Å². The number of likely N-dealkylation sites (N-methyl/N-ethyl adjacent to an activating group) is 2. The summed E-state index contributed by atoms with van der Waals surface area (Å²) in [5.41, 5.74) is 0.157. The topological polar surface area (TPSA) is 105 Å². The summed E-state index contributed by atoms with van der Waals surface area (Å²) >= 11 is 11.7. The third-order valence-corrected chi connectivity index (χ3v) is 3.92. The molecule has 0 aliphatic rings. The fourth-order valence-electron chi connectivity index (χ4n) is 2.01. The van der Waals surface area contributed by atoms with Crippen LogP contribution in [0.2, 0.25) is 10.0 Å². The van der Waals surface area contributed by atoms with E-state index in [1.165, 1.54) is 23.1 Å². The van der Waals surface area contributed by atoms with Crippen LogP contribution in [-0.4, -0.2) is 61.4 Å². The first-order valence-electron chi connectivity index (χ1n) is 8.21. The molecule has 148 valence electrons. The van der Waals surface area contributed by atoms with Crippen LogP contribution in [0.3, 0.4) is 0 Å². The van der Waals surface area contributed by atoms with Gasteiger partial charge in [-0.05, 0) is 32.0 Å². The van der Waals surface area contributed by atoms with Crippen LogP contribution in [0.4, 0.5) is 0 Å². The van der Waals surface area contributed by atoms with Gasteiger partial charge in [-0.25, -0.2) is 0 Å². The van der Waals surface area contributed by atoms with Crippen LogP contribution in [0.5, 0.6) is 0 Å². The zero-order chi connectivity index (χ0) is 20.4. The van der Waals surface area contributed by atoms with Crippen molar-refractivity contribution >= 4 is 46.9 Å². The van der Waals surface area contributed by atoms with Gasteiger partial charge < -0.3 is 20.3 Å². The number of benzene rings is 1. The molecule has 0 spiro atoms. The monoisotopic (exact) mass is 417 g/mol. The van der Waals surface area contributed by atoms with Gasteiger partial charge in [0.25, 0.3) is 11.8 Å². The highest BCUT2D eigenvalue weighted by Gasteiger charge is 2.18. The van der Waals surface area contributed by atoms with E-state index in [0.717, 1.165) is 0 Å². The van der Waals surface area contributed by atoms with Gasteiger partial charge in [0.05, 0.1) is 17.1 Å². The highest BCUT2D eigenvalue weighted by atomic mass is 35.5. The minimum atomic E-state index is -0.796. The normalized spacial score (nSPS) is 10.1. The molecule has 27 heavy (non-hydrogen) atoms. The summed E-state index contributed by atoms with van der Waals surface area (Å²) in [5, 5.41) is 5.45. The number of ether oxygens (including phenoxy) is 1. The number of hydrogen-bond acceptors (Lipinski definition) is 5. The Morgan fingerprint density at radius 1 is 1.11 bits per heavy atom. The molecule has 0 saturated carbocycles. The molecule has 0 unspecified atom stereocenters. The van der Waals surface area contributed by atoms with Crippen molar-refractivity contribution in [1.82, 2.24) is 15.5 Å². The number of halogens is 2. The average molecular weight is 418 g/mol. The molecule has 0 aliphatic carbocycles. The molecular weight excluding hydrogens is 397 g/mol. The Labute approximate surface area is 167 Å². The van der Waals surface area contributed by atoms with E-state index in [1.54, 1.807) is 13.8 Å². The van der Waals surface area contributed by atoms with Gasteiger partial charge in [-0.3, -0.25) is 19.2 Å². The summed E-state index contributed by atoms with van der Waals surface area (Å²) in [7, 11) is 0. The SMILES string of the molecule is CCNC(=O)CN(CC)C(=O)COC(=O)CNC(=O)c1ccc(Cl)cc1Cl. The van der Waals surface area contributed by atoms with E-state index in [9.17, 15) is 19.2 Å². The van der Waals surface area contributed by atoms with E-state index in [4.69, 9.17) is 27.9 Å². The molecule has 0 atom stereocenters. The molecule has 0 aromatic heterocycles. The number of carbonyl (C=O) groups is 4. The van der Waals surface area contributed by atoms with Gasteiger partial charge in [0, 0.05) is 18.1 Å². The van der Waals surface area contributed by atoms with Gasteiger partial charge in [-0.1, -0.05) is 23.2 Å². The second-order valence-electron chi connectivity index (χ2n) is 5.33. The first-order chi connectivity index (χ1) is 12.8. The molecule has 8 nitrogen and oxygen atoms in total. The second kappa shape index (κ2) is 11.4. The molecule has 0 radical (unpaired) electrons. The minimum Gasteiger partial charge on any atom is -0.454 e. The summed E-state index contributed by atoms with van der Waals surface area (Å²) in [5.74, 6) is -2.18. The molecule has 1 aromatic rings. The summed E-state index contributed by atoms with van der Waals surface area (Å²) in [4.78, 5) is 48.5. The molecule has 2 N–H and O–H groups in total. The molecule has 0 saturated heterocycles. The Morgan fingerprint density at radius 3 is 2.41 bits per heavy atom. The molecular formula is C17H21Cl2N3O5. The van der Waals surface area contributed by atoms with Crippen molar-refractivity contribution in [3.8, 4) is 0 Å². The number of hydrogen-bond donors (Lipinski definition) is 2. The number of esters is 1. The van der Waals surface area contributed by atoms with Crippen molar-refractivity contribution in [3.05, 3.63) is 33.8 Å². The number of carbonyl (C=O) groups excluding carboxylic acids is 4. The number of amides is 3. The fourth-order valence-corrected chi connectivity index (χ4v) is 2.50. The lowest BCUT2D eigenvalue weighted by molar-refractivity contribution is -0.151. The maximum Gasteiger partial charge on any atom is 0.325 e. The molecule has 10 heteroatoms. The predicted octanol–water partition coefficient (Wildman–Crippen LogP) is 1.25. The van der Waals surface area contributed by atoms with Crippen LogP contribution in [0, 0.1) is 0 Å². The first kappa shape index (κ1) is 22.7. The average Bonchev–Trinajstić information content (AvgIpc) is 2.62. The maximum absolute atomic E-state index is 12.0. The molecule has 0 aliphatic heterocycles. The number of nitrogens with one attached hydrogen (secondary N) is 2. The van der Waals surface area contributed by atoms with Crippen LogP contribution in [0.15, 0.2) is 18.2 Å². The van der Waals surface area contributed by atoms with Crippen LogP contribution in [0.25, 0.3) is 0 Å². The van der Waals surface area contributed by atoms with Crippen LogP contribution >= 0.6 is 23.2 Å². The second-order valence-corrected chi connectivity index (χ2v) is 6.17. The number of rotatable bonds is 9. The van der Waals surface area contributed by atoms with E-state index in [2.05, 4.69) is 10.6 Å². The summed E-state index contributed by atoms with van der Waals surface area (Å²) < 4.78 is 4.83. The van der Waals surface area contributed by atoms with Crippen molar-refractivity contribution in [1.29, 1.82) is 0 Å². The van der Waals surface area contributed by atoms with Gasteiger partial charge in [0.1, 0.15) is 6.54 Å². The van der Waals surface area contributed by atoms with Crippen molar-refractivity contribution in [3.63, 3.8) is 0 Å². The first-order valence-corrected chi connectivity index (χ1v) is 8.97. The van der Waals surface area contributed by atoms with Crippen molar-refractivity contribution in [2.24, 2.45) is 0 Å². The Kier molecular flexibility index (Phi) is 9.60. The van der Waals surface area contributed by atoms with Crippen LogP contribution in [-0.2, 0) is 19.1 Å². The quantitative estimate of drug-likeness (QED) is 0.588.